The highest BCUT2D eigenvalue weighted by Crippen LogP contribution is 2.48. The molecule has 0 spiro atoms. The maximum atomic E-state index is 12.8. The van der Waals surface area contributed by atoms with Gasteiger partial charge in [-0.2, -0.15) is 0 Å². The molecule has 4 aromatic rings. The first-order chi connectivity index (χ1) is 15.2. The van der Waals surface area contributed by atoms with Gasteiger partial charge in [-0.1, -0.05) is 103 Å². The minimum Gasteiger partial charge on any atom is -0.328 e. The molecule has 0 aliphatic heterocycles. The molecule has 0 aromatic heterocycles. The average molecular weight is 442 g/mol. The van der Waals surface area contributed by atoms with E-state index >= 15 is 0 Å². The molecular formula is C27H21ClNOP. The van der Waals surface area contributed by atoms with E-state index in [0.717, 1.165) is 10.9 Å². The van der Waals surface area contributed by atoms with Crippen molar-refractivity contribution < 1.29 is 4.79 Å². The number of hydrogen-bond donors (Lipinski definition) is 1. The fourth-order valence-corrected chi connectivity index (χ4v) is 5.89. The Morgan fingerprint density at radius 3 is 1.74 bits per heavy atom. The Morgan fingerprint density at radius 1 is 0.677 bits per heavy atom. The van der Waals surface area contributed by atoms with Crippen LogP contribution < -0.4 is 15.9 Å². The van der Waals surface area contributed by atoms with Gasteiger partial charge < -0.3 is 5.32 Å². The zero-order chi connectivity index (χ0) is 21.5. The summed E-state index contributed by atoms with van der Waals surface area (Å²) in [6.07, 6.45) is 1.84. The van der Waals surface area contributed by atoms with Gasteiger partial charge in [0.15, 0.2) is 0 Å². The predicted octanol–water partition coefficient (Wildman–Crippen LogP) is 6.20. The highest BCUT2D eigenvalue weighted by atomic mass is 35.5. The second-order valence-electron chi connectivity index (χ2n) is 6.89. The van der Waals surface area contributed by atoms with Crippen LogP contribution in [0.25, 0.3) is 5.31 Å². The Hall–Kier alpha value is -3.19. The van der Waals surface area contributed by atoms with Gasteiger partial charge in [0.25, 0.3) is 5.91 Å². The Labute approximate surface area is 189 Å². The second-order valence-corrected chi connectivity index (χ2v) is 9.51. The third-order valence-electron chi connectivity index (χ3n) is 4.77. The van der Waals surface area contributed by atoms with E-state index in [1.54, 1.807) is 12.1 Å². The van der Waals surface area contributed by atoms with Crippen LogP contribution in [0.5, 0.6) is 0 Å². The number of carbonyl (C=O) groups excluding carboxylic acids is 1. The van der Waals surface area contributed by atoms with Crippen LogP contribution in [0.1, 0.15) is 15.9 Å². The molecule has 0 saturated heterocycles. The van der Waals surface area contributed by atoms with Crippen LogP contribution in [-0.4, -0.2) is 5.91 Å². The molecule has 0 aliphatic rings. The van der Waals surface area contributed by atoms with E-state index in [1.165, 1.54) is 10.6 Å². The number of benzene rings is 4. The lowest BCUT2D eigenvalue weighted by Gasteiger charge is -2.23. The second kappa shape index (κ2) is 10.2. The molecule has 0 atom stereocenters. The summed E-state index contributed by atoms with van der Waals surface area (Å²) in [5.41, 5.74) is 1.60. The monoisotopic (exact) mass is 441 g/mol. The van der Waals surface area contributed by atoms with Gasteiger partial charge in [-0.05, 0) is 48.4 Å². The van der Waals surface area contributed by atoms with E-state index in [2.05, 4.69) is 29.6 Å². The van der Waals surface area contributed by atoms with Crippen molar-refractivity contribution in [3.8, 4) is 0 Å². The number of nitrogens with one attached hydrogen (secondary N) is 1. The van der Waals surface area contributed by atoms with Crippen LogP contribution in [0.15, 0.2) is 121 Å². The largest absolute Gasteiger partial charge is 0.328 e. The first kappa shape index (κ1) is 21.1. The van der Waals surface area contributed by atoms with E-state index in [1.807, 2.05) is 85.1 Å². The summed E-state index contributed by atoms with van der Waals surface area (Å²) in [5.74, 6) is -0.142. The Morgan fingerprint density at radius 2 is 1.19 bits per heavy atom. The molecule has 2 nitrogen and oxygen atoms in total. The summed E-state index contributed by atoms with van der Waals surface area (Å²) in [6, 6.07) is 37.8. The maximum absolute atomic E-state index is 12.8. The molecule has 152 valence electrons. The third kappa shape index (κ3) is 5.30. The summed E-state index contributed by atoms with van der Waals surface area (Å²) in [7, 11) is -0.915. The Kier molecular flexibility index (Phi) is 6.94. The molecule has 0 fully saturated rings. The molecule has 0 unspecified atom stereocenters. The molecular weight excluding hydrogens is 421 g/mol. The van der Waals surface area contributed by atoms with Gasteiger partial charge in [0.05, 0.1) is 0 Å². The molecule has 0 saturated carbocycles. The van der Waals surface area contributed by atoms with Crippen molar-refractivity contribution in [1.29, 1.82) is 0 Å². The maximum Gasteiger partial charge on any atom is 0.255 e. The Bertz CT molecular complexity index is 1140. The van der Waals surface area contributed by atoms with Crippen molar-refractivity contribution in [2.45, 2.75) is 0 Å². The van der Waals surface area contributed by atoms with E-state index in [-0.39, 0.29) is 5.91 Å². The third-order valence-corrected chi connectivity index (χ3v) is 7.50. The van der Waals surface area contributed by atoms with Crippen LogP contribution in [0.2, 0.25) is 5.02 Å². The van der Waals surface area contributed by atoms with Gasteiger partial charge >= 0.3 is 0 Å². The van der Waals surface area contributed by atoms with E-state index in [9.17, 15) is 4.79 Å². The highest BCUT2D eigenvalue weighted by Gasteiger charge is 2.21. The number of hydrogen-bond acceptors (Lipinski definition) is 1. The molecule has 0 bridgehead atoms. The normalized spacial score (nSPS) is 11.4. The summed E-state index contributed by atoms with van der Waals surface area (Å²) < 4.78 is 0. The van der Waals surface area contributed by atoms with Crippen molar-refractivity contribution in [2.75, 3.05) is 0 Å². The first-order valence-corrected chi connectivity index (χ1v) is 11.7. The number of carbonyl (C=O) groups is 1. The van der Waals surface area contributed by atoms with Gasteiger partial charge in [-0.3, -0.25) is 4.79 Å². The van der Waals surface area contributed by atoms with Crippen molar-refractivity contribution in [3.63, 3.8) is 0 Å². The van der Waals surface area contributed by atoms with Gasteiger partial charge in [0.1, 0.15) is 0 Å². The fraction of sp³-hybridized carbons (Fsp3) is 0. The fourth-order valence-electron chi connectivity index (χ4n) is 3.31. The van der Waals surface area contributed by atoms with E-state index in [4.69, 9.17) is 11.6 Å². The van der Waals surface area contributed by atoms with Crippen LogP contribution >= 0.6 is 19.5 Å². The molecule has 4 heteroatoms. The average Bonchev–Trinajstić information content (AvgIpc) is 2.83. The number of rotatable bonds is 6. The smallest absolute Gasteiger partial charge is 0.255 e. The van der Waals surface area contributed by atoms with E-state index in [0.29, 0.717) is 10.6 Å². The molecule has 0 aliphatic carbocycles. The lowest BCUT2D eigenvalue weighted by molar-refractivity contribution is 0.0970. The van der Waals surface area contributed by atoms with Crippen LogP contribution in [-0.2, 0) is 0 Å². The first-order valence-electron chi connectivity index (χ1n) is 9.94. The van der Waals surface area contributed by atoms with Crippen molar-refractivity contribution >= 4 is 41.4 Å². The molecule has 4 aromatic carbocycles. The lowest BCUT2D eigenvalue weighted by atomic mass is 10.2. The summed E-state index contributed by atoms with van der Waals surface area (Å²) >= 11 is 6.34. The summed E-state index contributed by atoms with van der Waals surface area (Å²) in [6.45, 7) is 0. The van der Waals surface area contributed by atoms with Gasteiger partial charge in [-0.15, -0.1) is 0 Å². The highest BCUT2D eigenvalue weighted by molar-refractivity contribution is 7.82. The number of halogens is 1. The van der Waals surface area contributed by atoms with Gasteiger partial charge in [0, 0.05) is 22.1 Å². The zero-order valence-electron chi connectivity index (χ0n) is 16.8. The van der Waals surface area contributed by atoms with Crippen molar-refractivity contribution in [1.82, 2.24) is 5.32 Å². The Balaban J connectivity index is 1.82. The lowest BCUT2D eigenvalue weighted by Crippen LogP contribution is -2.19. The molecule has 0 heterocycles. The van der Waals surface area contributed by atoms with Crippen molar-refractivity contribution in [2.24, 2.45) is 0 Å². The minimum atomic E-state index is -0.915. The SMILES string of the molecule is O=C(NC=C(c1cccc(Cl)c1)P(c1ccccc1)c1ccccc1)c1ccccc1. The molecule has 0 radical (unpaired) electrons. The molecule has 31 heavy (non-hydrogen) atoms. The quantitative estimate of drug-likeness (QED) is 0.354. The topological polar surface area (TPSA) is 29.1 Å². The standard InChI is InChI=1S/C27H21ClNOP/c28-23-14-10-13-22(19-23)26(20-29-27(30)21-11-4-1-5-12-21)31(24-15-6-2-7-16-24)25-17-8-3-9-18-25/h1-20H,(H,29,30). The molecule has 4 rings (SSSR count). The van der Waals surface area contributed by atoms with Gasteiger partial charge in [0.2, 0.25) is 0 Å². The van der Waals surface area contributed by atoms with E-state index < -0.39 is 7.92 Å². The van der Waals surface area contributed by atoms with Gasteiger partial charge in [-0.25, -0.2) is 0 Å². The zero-order valence-corrected chi connectivity index (χ0v) is 18.4. The van der Waals surface area contributed by atoms with Crippen LogP contribution in [0, 0.1) is 0 Å². The predicted molar refractivity (Wildman–Crippen MR) is 132 cm³/mol. The molecule has 1 amide bonds. The summed E-state index contributed by atoms with van der Waals surface area (Å²) in [4.78, 5) is 12.8. The molecule has 1 N–H and O–H groups in total. The minimum absolute atomic E-state index is 0.142. The van der Waals surface area contributed by atoms with Crippen LogP contribution in [0.3, 0.4) is 0 Å². The number of amides is 1. The summed E-state index contributed by atoms with van der Waals surface area (Å²) in [5, 5.41) is 7.09. The van der Waals surface area contributed by atoms with Crippen LogP contribution in [0.4, 0.5) is 0 Å². The van der Waals surface area contributed by atoms with Crippen molar-refractivity contribution in [3.05, 3.63) is 138 Å².